The van der Waals surface area contributed by atoms with E-state index in [1.54, 1.807) is 16.8 Å². The zero-order chi connectivity index (χ0) is 15.8. The van der Waals surface area contributed by atoms with Crippen LogP contribution in [0.15, 0.2) is 18.2 Å². The Morgan fingerprint density at radius 1 is 1.14 bits per heavy atom. The lowest BCUT2D eigenvalue weighted by Crippen LogP contribution is -2.39. The number of carbonyl (C=O) groups is 1. The van der Waals surface area contributed by atoms with Crippen LogP contribution in [0.4, 0.5) is 5.69 Å². The van der Waals surface area contributed by atoms with E-state index < -0.39 is 0 Å². The maximum Gasteiger partial charge on any atom is 0.241 e. The lowest BCUT2D eigenvalue weighted by atomic mass is 10.1. The molecule has 0 bridgehead atoms. The molecule has 0 saturated heterocycles. The van der Waals surface area contributed by atoms with Crippen LogP contribution >= 0.6 is 0 Å². The predicted octanol–water partition coefficient (Wildman–Crippen LogP) is 2.01. The topological polar surface area (TPSA) is 71.1 Å². The second-order valence-electron chi connectivity index (χ2n) is 5.13. The van der Waals surface area contributed by atoms with Gasteiger partial charge in [0.05, 0.1) is 31.6 Å². The predicted molar refractivity (Wildman–Crippen MR) is 81.6 cm³/mol. The molecule has 0 fully saturated rings. The highest BCUT2D eigenvalue weighted by molar-refractivity contribution is 5.95. The Labute approximate surface area is 126 Å². The van der Waals surface area contributed by atoms with Crippen molar-refractivity contribution in [3.8, 4) is 12.1 Å². The molecule has 0 aliphatic rings. The first kappa shape index (κ1) is 16.7. The summed E-state index contributed by atoms with van der Waals surface area (Å²) in [5, 5.41) is 17.4. The quantitative estimate of drug-likeness (QED) is 0.749. The number of nitriles is 2. The molecule has 0 aliphatic heterocycles. The van der Waals surface area contributed by atoms with Gasteiger partial charge in [-0.3, -0.25) is 9.69 Å². The summed E-state index contributed by atoms with van der Waals surface area (Å²) in [6.07, 6.45) is 0.278. The van der Waals surface area contributed by atoms with Gasteiger partial charge in [0, 0.05) is 12.2 Å². The number of hydrogen-bond donors (Lipinski definition) is 0. The van der Waals surface area contributed by atoms with Gasteiger partial charge in [-0.05, 0) is 44.2 Å². The number of nitrogens with zero attached hydrogens (tertiary/aromatic N) is 4. The molecule has 1 aromatic rings. The standard InChI is InChI=1S/C16H20N4O/c1-13-9-14(2)11-15(10-13)20(7-4-5-17)16(21)12-19(3)8-6-18/h9-11H,4,7-8,12H2,1-3H3. The Kier molecular flexibility index (Phi) is 6.39. The zero-order valence-corrected chi connectivity index (χ0v) is 12.8. The Hall–Kier alpha value is -2.37. The second-order valence-corrected chi connectivity index (χ2v) is 5.13. The molecule has 1 aromatic carbocycles. The zero-order valence-electron chi connectivity index (χ0n) is 12.8. The summed E-state index contributed by atoms with van der Waals surface area (Å²) in [5.41, 5.74) is 2.95. The fourth-order valence-electron chi connectivity index (χ4n) is 2.16. The summed E-state index contributed by atoms with van der Waals surface area (Å²) in [6.45, 7) is 4.67. The van der Waals surface area contributed by atoms with Crippen molar-refractivity contribution in [2.45, 2.75) is 20.3 Å². The molecule has 21 heavy (non-hydrogen) atoms. The van der Waals surface area contributed by atoms with Crippen LogP contribution in [0.3, 0.4) is 0 Å². The molecule has 0 heterocycles. The molecule has 0 N–H and O–H groups in total. The molecule has 0 radical (unpaired) electrons. The van der Waals surface area contributed by atoms with Crippen LogP contribution in [0.1, 0.15) is 17.5 Å². The van der Waals surface area contributed by atoms with Gasteiger partial charge >= 0.3 is 0 Å². The second kappa shape index (κ2) is 8.04. The van der Waals surface area contributed by atoms with Gasteiger partial charge in [0.2, 0.25) is 5.91 Å². The summed E-state index contributed by atoms with van der Waals surface area (Å²) in [5.74, 6) is -0.104. The van der Waals surface area contributed by atoms with Crippen molar-refractivity contribution < 1.29 is 4.79 Å². The molecule has 1 rings (SSSR count). The first-order valence-corrected chi connectivity index (χ1v) is 6.79. The highest BCUT2D eigenvalue weighted by Crippen LogP contribution is 2.19. The van der Waals surface area contributed by atoms with Gasteiger partial charge in [-0.2, -0.15) is 10.5 Å². The minimum Gasteiger partial charge on any atom is -0.310 e. The molecule has 5 heteroatoms. The van der Waals surface area contributed by atoms with Crippen molar-refractivity contribution in [3.05, 3.63) is 29.3 Å². The number of amides is 1. The number of anilines is 1. The summed E-state index contributed by atoms with van der Waals surface area (Å²) in [7, 11) is 1.73. The van der Waals surface area contributed by atoms with E-state index in [1.165, 1.54) is 0 Å². The van der Waals surface area contributed by atoms with Gasteiger partial charge < -0.3 is 4.90 Å². The number of aryl methyl sites for hydroxylation is 2. The van der Waals surface area contributed by atoms with Crippen LogP contribution in [0.25, 0.3) is 0 Å². The van der Waals surface area contributed by atoms with Crippen molar-refractivity contribution >= 4 is 11.6 Å². The summed E-state index contributed by atoms with van der Waals surface area (Å²) in [6, 6.07) is 10.0. The van der Waals surface area contributed by atoms with E-state index >= 15 is 0 Å². The van der Waals surface area contributed by atoms with Crippen molar-refractivity contribution in [1.29, 1.82) is 10.5 Å². The summed E-state index contributed by atoms with van der Waals surface area (Å²) < 4.78 is 0. The largest absolute Gasteiger partial charge is 0.310 e. The number of rotatable bonds is 6. The molecule has 0 aromatic heterocycles. The van der Waals surface area contributed by atoms with E-state index in [-0.39, 0.29) is 25.4 Å². The lowest BCUT2D eigenvalue weighted by Gasteiger charge is -2.25. The molecule has 0 saturated carbocycles. The smallest absolute Gasteiger partial charge is 0.241 e. The molecule has 5 nitrogen and oxygen atoms in total. The highest BCUT2D eigenvalue weighted by Gasteiger charge is 2.17. The fourth-order valence-corrected chi connectivity index (χ4v) is 2.16. The van der Waals surface area contributed by atoms with E-state index in [0.717, 1.165) is 16.8 Å². The van der Waals surface area contributed by atoms with Crippen molar-refractivity contribution in [1.82, 2.24) is 4.90 Å². The first-order valence-electron chi connectivity index (χ1n) is 6.79. The monoisotopic (exact) mass is 284 g/mol. The maximum absolute atomic E-state index is 12.4. The van der Waals surface area contributed by atoms with Crippen LogP contribution in [-0.2, 0) is 4.79 Å². The first-order chi connectivity index (χ1) is 9.97. The van der Waals surface area contributed by atoms with Gasteiger partial charge in [-0.25, -0.2) is 0 Å². The molecule has 0 spiro atoms. The fraction of sp³-hybridized carbons (Fsp3) is 0.438. The third-order valence-corrected chi connectivity index (χ3v) is 3.01. The molecular weight excluding hydrogens is 264 g/mol. The SMILES string of the molecule is Cc1cc(C)cc(N(CCC#N)C(=O)CN(C)CC#N)c1. The van der Waals surface area contributed by atoms with E-state index in [1.807, 2.05) is 38.1 Å². The minimum absolute atomic E-state index is 0.104. The number of likely N-dealkylation sites (N-methyl/N-ethyl adjacent to an activating group) is 1. The van der Waals surface area contributed by atoms with E-state index in [4.69, 9.17) is 10.5 Å². The van der Waals surface area contributed by atoms with E-state index in [9.17, 15) is 4.79 Å². The number of hydrogen-bond acceptors (Lipinski definition) is 4. The number of benzene rings is 1. The molecule has 0 aliphatic carbocycles. The highest BCUT2D eigenvalue weighted by atomic mass is 16.2. The van der Waals surface area contributed by atoms with Crippen LogP contribution in [-0.4, -0.2) is 37.5 Å². The van der Waals surface area contributed by atoms with Crippen molar-refractivity contribution in [3.63, 3.8) is 0 Å². The van der Waals surface area contributed by atoms with Gasteiger partial charge in [0.25, 0.3) is 0 Å². The average molecular weight is 284 g/mol. The minimum atomic E-state index is -0.104. The Morgan fingerprint density at radius 2 is 1.76 bits per heavy atom. The Bertz CT molecular complexity index is 563. The number of carbonyl (C=O) groups excluding carboxylic acids is 1. The van der Waals surface area contributed by atoms with Gasteiger partial charge in [0.1, 0.15) is 0 Å². The van der Waals surface area contributed by atoms with Gasteiger partial charge in [0.15, 0.2) is 0 Å². The van der Waals surface area contributed by atoms with Crippen LogP contribution in [0.2, 0.25) is 0 Å². The Morgan fingerprint density at radius 3 is 2.29 bits per heavy atom. The Balaban J connectivity index is 2.97. The molecule has 0 atom stereocenters. The van der Waals surface area contributed by atoms with Gasteiger partial charge in [-0.1, -0.05) is 6.07 Å². The molecule has 0 unspecified atom stereocenters. The van der Waals surface area contributed by atoms with E-state index in [2.05, 4.69) is 6.07 Å². The third kappa shape index (κ3) is 5.25. The normalized spacial score (nSPS) is 10.0. The molecular formula is C16H20N4O. The lowest BCUT2D eigenvalue weighted by molar-refractivity contribution is -0.119. The van der Waals surface area contributed by atoms with Crippen molar-refractivity contribution in [2.24, 2.45) is 0 Å². The average Bonchev–Trinajstić information content (AvgIpc) is 2.38. The maximum atomic E-state index is 12.4. The van der Waals surface area contributed by atoms with E-state index in [0.29, 0.717) is 6.54 Å². The summed E-state index contributed by atoms with van der Waals surface area (Å²) >= 11 is 0. The van der Waals surface area contributed by atoms with Crippen molar-refractivity contribution in [2.75, 3.05) is 31.6 Å². The van der Waals surface area contributed by atoms with Gasteiger partial charge in [-0.15, -0.1) is 0 Å². The molecule has 1 amide bonds. The van der Waals surface area contributed by atoms with Crippen LogP contribution in [0.5, 0.6) is 0 Å². The van der Waals surface area contributed by atoms with Crippen LogP contribution in [0, 0.1) is 36.5 Å². The third-order valence-electron chi connectivity index (χ3n) is 3.01. The molecule has 110 valence electrons. The van der Waals surface area contributed by atoms with Crippen LogP contribution < -0.4 is 4.90 Å². The summed E-state index contributed by atoms with van der Waals surface area (Å²) in [4.78, 5) is 15.7.